The van der Waals surface area contributed by atoms with Crippen molar-refractivity contribution < 1.29 is 14.3 Å². The maximum Gasteiger partial charge on any atom is 0.255 e. The molecule has 0 aliphatic carbocycles. The maximum absolute atomic E-state index is 13.0. The number of rotatable bonds is 7. The van der Waals surface area contributed by atoms with Gasteiger partial charge in [-0.3, -0.25) is 9.78 Å². The summed E-state index contributed by atoms with van der Waals surface area (Å²) >= 11 is 0. The molecule has 188 valence electrons. The van der Waals surface area contributed by atoms with Gasteiger partial charge in [-0.15, -0.1) is 0 Å². The van der Waals surface area contributed by atoms with E-state index < -0.39 is 10.8 Å². The first-order valence-corrected chi connectivity index (χ1v) is 12.2. The highest BCUT2D eigenvalue weighted by Gasteiger charge is 2.41. The molecular weight excluding hydrogens is 466 g/mol. The Balaban J connectivity index is 1.93. The third-order valence-electron chi connectivity index (χ3n) is 6.68. The minimum absolute atomic E-state index is 0.256. The van der Waals surface area contributed by atoms with E-state index in [0.717, 1.165) is 16.7 Å². The van der Waals surface area contributed by atoms with E-state index in [1.54, 1.807) is 30.7 Å². The van der Waals surface area contributed by atoms with Gasteiger partial charge >= 0.3 is 0 Å². The quantitative estimate of drug-likeness (QED) is 0.485. The van der Waals surface area contributed by atoms with Crippen LogP contribution in [0, 0.1) is 29.6 Å². The fraction of sp³-hybridized carbons (Fsp3) is 0.345. The molecule has 3 aromatic rings. The van der Waals surface area contributed by atoms with Gasteiger partial charge in [0, 0.05) is 53.1 Å². The van der Waals surface area contributed by atoms with Crippen LogP contribution in [0.15, 0.2) is 48.9 Å². The van der Waals surface area contributed by atoms with Crippen LogP contribution in [0.5, 0.6) is 5.88 Å². The molecule has 1 fully saturated rings. The Morgan fingerprint density at radius 3 is 2.62 bits per heavy atom. The monoisotopic (exact) mass is 495 g/mol. The zero-order valence-electron chi connectivity index (χ0n) is 21.5. The van der Waals surface area contributed by atoms with Gasteiger partial charge in [-0.1, -0.05) is 6.07 Å². The summed E-state index contributed by atoms with van der Waals surface area (Å²) in [4.78, 5) is 21.6. The Bertz CT molecular complexity index is 1400. The SMILES string of the molecule is CCOc1ncc(-c2c(C)ccc(NC(=O)c3ccncc3)c2C(C)(C)C#N)cc1C1(C#N)CCOC1. The molecule has 8 heteroatoms. The largest absolute Gasteiger partial charge is 0.478 e. The fourth-order valence-corrected chi connectivity index (χ4v) is 4.70. The molecule has 1 N–H and O–H groups in total. The van der Waals surface area contributed by atoms with E-state index in [4.69, 9.17) is 9.47 Å². The van der Waals surface area contributed by atoms with Crippen molar-refractivity contribution in [2.24, 2.45) is 0 Å². The Morgan fingerprint density at radius 1 is 1.24 bits per heavy atom. The van der Waals surface area contributed by atoms with Crippen molar-refractivity contribution >= 4 is 11.6 Å². The highest BCUT2D eigenvalue weighted by atomic mass is 16.5. The van der Waals surface area contributed by atoms with E-state index in [0.29, 0.717) is 47.9 Å². The first-order valence-electron chi connectivity index (χ1n) is 12.2. The number of hydrogen-bond acceptors (Lipinski definition) is 7. The summed E-state index contributed by atoms with van der Waals surface area (Å²) < 4.78 is 11.4. The molecule has 1 atom stereocenters. The van der Waals surface area contributed by atoms with Gasteiger partial charge in [0.1, 0.15) is 5.41 Å². The van der Waals surface area contributed by atoms with E-state index in [9.17, 15) is 15.3 Å². The highest BCUT2D eigenvalue weighted by molar-refractivity contribution is 6.05. The maximum atomic E-state index is 13.0. The van der Waals surface area contributed by atoms with Gasteiger partial charge in [0.15, 0.2) is 0 Å². The fourth-order valence-electron chi connectivity index (χ4n) is 4.70. The van der Waals surface area contributed by atoms with Gasteiger partial charge < -0.3 is 14.8 Å². The van der Waals surface area contributed by atoms with Crippen LogP contribution >= 0.6 is 0 Å². The second-order valence-electron chi connectivity index (χ2n) is 9.61. The van der Waals surface area contributed by atoms with Crippen molar-refractivity contribution in [3.05, 3.63) is 71.2 Å². The summed E-state index contributed by atoms with van der Waals surface area (Å²) in [6.45, 7) is 8.60. The van der Waals surface area contributed by atoms with Crippen LogP contribution < -0.4 is 10.1 Å². The molecule has 8 nitrogen and oxygen atoms in total. The lowest BCUT2D eigenvalue weighted by molar-refractivity contribution is 0.102. The number of aryl methyl sites for hydroxylation is 1. The highest BCUT2D eigenvalue weighted by Crippen LogP contribution is 2.44. The molecule has 1 aliphatic heterocycles. The second-order valence-corrected chi connectivity index (χ2v) is 9.61. The normalized spacial score (nSPS) is 17.0. The number of carbonyl (C=O) groups excluding carboxylic acids is 1. The molecule has 4 rings (SSSR count). The molecule has 37 heavy (non-hydrogen) atoms. The lowest BCUT2D eigenvalue weighted by atomic mass is 9.77. The van der Waals surface area contributed by atoms with Crippen molar-refractivity contribution in [1.82, 2.24) is 9.97 Å². The van der Waals surface area contributed by atoms with Crippen LogP contribution in [-0.2, 0) is 15.6 Å². The van der Waals surface area contributed by atoms with Crippen molar-refractivity contribution in [1.29, 1.82) is 10.5 Å². The number of nitriles is 2. The molecule has 1 amide bonds. The van der Waals surface area contributed by atoms with Crippen molar-refractivity contribution in [3.63, 3.8) is 0 Å². The van der Waals surface area contributed by atoms with Crippen LogP contribution in [0.4, 0.5) is 5.69 Å². The molecule has 2 aromatic heterocycles. The smallest absolute Gasteiger partial charge is 0.255 e. The molecule has 0 bridgehead atoms. The number of anilines is 1. The zero-order chi connectivity index (χ0) is 26.6. The van der Waals surface area contributed by atoms with Gasteiger partial charge in [0.05, 0.1) is 30.8 Å². The molecule has 1 saturated heterocycles. The van der Waals surface area contributed by atoms with E-state index in [1.807, 2.05) is 45.9 Å². The molecule has 1 aliphatic rings. The Morgan fingerprint density at radius 2 is 2.00 bits per heavy atom. The molecule has 1 unspecified atom stereocenters. The van der Waals surface area contributed by atoms with Crippen LogP contribution in [0.25, 0.3) is 11.1 Å². The first-order chi connectivity index (χ1) is 17.8. The number of nitrogens with zero attached hydrogens (tertiary/aromatic N) is 4. The molecule has 0 radical (unpaired) electrons. The topological polar surface area (TPSA) is 121 Å². The van der Waals surface area contributed by atoms with E-state index in [1.165, 1.54) is 0 Å². The minimum Gasteiger partial charge on any atom is -0.478 e. The molecule has 0 spiro atoms. The van der Waals surface area contributed by atoms with Crippen LogP contribution in [0.3, 0.4) is 0 Å². The number of nitrogens with one attached hydrogen (secondary N) is 1. The number of carbonyl (C=O) groups is 1. The first kappa shape index (κ1) is 25.8. The minimum atomic E-state index is -0.954. The van der Waals surface area contributed by atoms with E-state index >= 15 is 0 Å². The predicted molar refractivity (Wildman–Crippen MR) is 139 cm³/mol. The summed E-state index contributed by atoms with van der Waals surface area (Å²) in [6, 6.07) is 13.7. The van der Waals surface area contributed by atoms with Gasteiger partial charge in [0.2, 0.25) is 5.88 Å². The van der Waals surface area contributed by atoms with Crippen LogP contribution in [-0.4, -0.2) is 35.7 Å². The lowest BCUT2D eigenvalue weighted by Gasteiger charge is -2.27. The second kappa shape index (κ2) is 10.4. The lowest BCUT2D eigenvalue weighted by Crippen LogP contribution is -2.26. The molecule has 3 heterocycles. The van der Waals surface area contributed by atoms with Crippen LogP contribution in [0.1, 0.15) is 54.2 Å². The third kappa shape index (κ3) is 4.89. The molecular formula is C29H29N5O3. The molecule has 1 aromatic carbocycles. The summed E-state index contributed by atoms with van der Waals surface area (Å²) in [5.74, 6) is 0.100. The average Bonchev–Trinajstić information content (AvgIpc) is 3.40. The van der Waals surface area contributed by atoms with Crippen molar-refractivity contribution in [2.45, 2.75) is 44.9 Å². The number of amides is 1. The number of aromatic nitrogens is 2. The number of ether oxygens (including phenoxy) is 2. The van der Waals surface area contributed by atoms with Gasteiger partial charge in [-0.2, -0.15) is 10.5 Å². The average molecular weight is 496 g/mol. The predicted octanol–water partition coefficient (Wildman–Crippen LogP) is 5.09. The van der Waals surface area contributed by atoms with Gasteiger partial charge in [-0.05, 0) is 69.5 Å². The van der Waals surface area contributed by atoms with Gasteiger partial charge in [-0.25, -0.2) is 4.98 Å². The van der Waals surface area contributed by atoms with E-state index in [2.05, 4.69) is 27.4 Å². The third-order valence-corrected chi connectivity index (χ3v) is 6.68. The van der Waals surface area contributed by atoms with Gasteiger partial charge in [0.25, 0.3) is 5.91 Å². The standard InChI is InChI=1S/C29H29N5O3/c1-5-37-27-22(29(17-31)10-13-36-18-29)14-21(15-33-27)24-19(2)6-7-23(25(24)28(3,4)16-30)34-26(35)20-8-11-32-12-9-20/h6-9,11-12,14-15H,5,10,13,18H2,1-4H3,(H,34,35). The summed E-state index contributed by atoms with van der Waals surface area (Å²) in [6.07, 6.45) is 5.34. The Hall–Kier alpha value is -4.27. The molecule has 0 saturated carbocycles. The van der Waals surface area contributed by atoms with Crippen molar-refractivity contribution in [3.8, 4) is 29.1 Å². The van der Waals surface area contributed by atoms with E-state index in [-0.39, 0.29) is 12.5 Å². The summed E-state index contributed by atoms with van der Waals surface area (Å²) in [5.41, 5.74) is 2.92. The summed E-state index contributed by atoms with van der Waals surface area (Å²) in [5, 5.41) is 23.3. The Kier molecular flexibility index (Phi) is 7.24. The number of hydrogen-bond donors (Lipinski definition) is 1. The zero-order valence-corrected chi connectivity index (χ0v) is 21.5. The Labute approximate surface area is 216 Å². The van der Waals surface area contributed by atoms with Crippen molar-refractivity contribution in [2.75, 3.05) is 25.1 Å². The number of pyridine rings is 2. The van der Waals surface area contributed by atoms with Crippen LogP contribution in [0.2, 0.25) is 0 Å². The number of benzene rings is 1. The summed E-state index contributed by atoms with van der Waals surface area (Å²) in [7, 11) is 0.